The predicted octanol–water partition coefficient (Wildman–Crippen LogP) is 13.9. The maximum absolute atomic E-state index is 2.31. The molecule has 244 valence electrons. The first-order chi connectivity index (χ1) is 19.6. The summed E-state index contributed by atoms with van der Waals surface area (Å²) in [6.45, 7) is 40.4. The summed E-state index contributed by atoms with van der Waals surface area (Å²) in [6, 6.07) is 22.4. The molecule has 3 aromatic rings. The molecule has 0 saturated heterocycles. The Morgan fingerprint density at radius 2 is 0.614 bits per heavy atom. The Balaban J connectivity index is 0.000000339. The van der Waals surface area contributed by atoms with Gasteiger partial charge in [-0.25, -0.2) is 0 Å². The highest BCUT2D eigenvalue weighted by atomic mass is 14.3. The molecule has 0 aliphatic carbocycles. The normalized spacial score (nSPS) is 13.5. The molecule has 0 unspecified atom stereocenters. The summed E-state index contributed by atoms with van der Waals surface area (Å²) in [7, 11) is 0. The van der Waals surface area contributed by atoms with E-state index in [1.165, 1.54) is 33.0 Å². The van der Waals surface area contributed by atoms with Crippen LogP contribution in [0.5, 0.6) is 0 Å². The lowest BCUT2D eigenvalue weighted by atomic mass is 9.78. The number of benzene rings is 3. The summed E-state index contributed by atoms with van der Waals surface area (Å²) in [5, 5.41) is 2.80. The van der Waals surface area contributed by atoms with E-state index >= 15 is 0 Å². The fraction of sp³-hybridized carbons (Fsp3) is 0.545. The minimum absolute atomic E-state index is 0.190. The summed E-state index contributed by atoms with van der Waals surface area (Å²) in [6.07, 6.45) is 8.70. The van der Waals surface area contributed by atoms with Gasteiger partial charge in [-0.15, -0.1) is 0 Å². The molecular weight excluding hydrogens is 528 g/mol. The van der Waals surface area contributed by atoms with Gasteiger partial charge in [-0.1, -0.05) is 210 Å². The van der Waals surface area contributed by atoms with Gasteiger partial charge in [0.05, 0.1) is 0 Å². The van der Waals surface area contributed by atoms with Gasteiger partial charge in [-0.05, 0) is 65.5 Å². The van der Waals surface area contributed by atoms with E-state index < -0.39 is 0 Å². The minimum atomic E-state index is 0.190. The Kier molecular flexibility index (Phi) is 13.1. The molecule has 0 nitrogen and oxygen atoms in total. The highest BCUT2D eigenvalue weighted by molar-refractivity contribution is 5.90. The molecule has 0 heteroatoms. The zero-order valence-corrected chi connectivity index (χ0v) is 32.1. The van der Waals surface area contributed by atoms with E-state index in [-0.39, 0.29) is 21.7 Å². The zero-order chi connectivity index (χ0) is 34.4. The zero-order valence-electron chi connectivity index (χ0n) is 32.1. The van der Waals surface area contributed by atoms with Crippen LogP contribution in [0.1, 0.15) is 147 Å². The number of fused-ring (bicyclic) bond motifs is 1. The molecule has 0 spiro atoms. The van der Waals surface area contributed by atoms with Gasteiger partial charge < -0.3 is 0 Å². The minimum Gasteiger partial charge on any atom is -0.0791 e. The molecule has 0 N–H and O–H groups in total. The second-order valence-corrected chi connectivity index (χ2v) is 18.7. The second-order valence-electron chi connectivity index (χ2n) is 18.7. The highest BCUT2D eigenvalue weighted by Crippen LogP contribution is 2.36. The number of rotatable bonds is 1. The molecule has 0 heterocycles. The topological polar surface area (TPSA) is 0 Å². The quantitative estimate of drug-likeness (QED) is 0.245. The maximum Gasteiger partial charge on any atom is -0.0126 e. The van der Waals surface area contributed by atoms with Gasteiger partial charge in [-0.2, -0.15) is 0 Å². The van der Waals surface area contributed by atoms with Gasteiger partial charge in [0.1, 0.15) is 0 Å². The van der Waals surface area contributed by atoms with Crippen molar-refractivity contribution in [3.05, 3.63) is 107 Å². The van der Waals surface area contributed by atoms with Crippen molar-refractivity contribution in [2.24, 2.45) is 10.8 Å². The largest absolute Gasteiger partial charge is 0.0791 e. The molecule has 0 bridgehead atoms. The van der Waals surface area contributed by atoms with E-state index in [0.29, 0.717) is 10.8 Å². The van der Waals surface area contributed by atoms with E-state index in [1.54, 1.807) is 0 Å². The summed E-state index contributed by atoms with van der Waals surface area (Å²) < 4.78 is 0. The Morgan fingerprint density at radius 1 is 0.341 bits per heavy atom. The average molecular weight is 597 g/mol. The van der Waals surface area contributed by atoms with Gasteiger partial charge in [0.15, 0.2) is 0 Å². The maximum atomic E-state index is 2.31. The van der Waals surface area contributed by atoms with Crippen LogP contribution in [0.2, 0.25) is 0 Å². The van der Waals surface area contributed by atoms with Crippen molar-refractivity contribution >= 4 is 10.8 Å². The van der Waals surface area contributed by atoms with Crippen LogP contribution in [0.15, 0.2) is 85.0 Å². The van der Waals surface area contributed by atoms with E-state index in [4.69, 9.17) is 0 Å². The molecule has 0 radical (unpaired) electrons. The van der Waals surface area contributed by atoms with Crippen molar-refractivity contribution in [3.63, 3.8) is 0 Å². The average Bonchev–Trinajstić information content (AvgIpc) is 2.83. The van der Waals surface area contributed by atoms with Gasteiger partial charge in [-0.3, -0.25) is 0 Å². The van der Waals surface area contributed by atoms with Crippen molar-refractivity contribution in [3.8, 4) is 0 Å². The first kappa shape index (κ1) is 39.4. The standard InChI is InChI=1S/C18H24.C14H22.C12H22/c1-17(2,3)15-11-12-16(18(4,5)6)14-10-8-7-9-13(14)15;1-13(2,3)11-7-9-12(10-8-11)14(4,5)6;1-11(2,3)9-7-8-10-12(4,5)6/h7-12H,1-6H3;7-10H,1-6H3;7-10H,1-6H3/b;;9-7+,10-8+. The second kappa shape index (κ2) is 14.7. The van der Waals surface area contributed by atoms with E-state index in [2.05, 4.69) is 210 Å². The lowest BCUT2D eigenvalue weighted by Crippen LogP contribution is -2.15. The summed E-state index contributed by atoms with van der Waals surface area (Å²) in [5.41, 5.74) is 7.18. The SMILES string of the molecule is CC(C)(C)/C=C/C=C/C(C)(C)C.CC(C)(C)c1ccc(C(C)(C)C)c2ccccc12.CC(C)(C)c1ccc(C(C)(C)C)cc1. The Labute approximate surface area is 274 Å². The van der Waals surface area contributed by atoms with Crippen LogP contribution in [0.25, 0.3) is 10.8 Å². The van der Waals surface area contributed by atoms with E-state index in [0.717, 1.165) is 0 Å². The van der Waals surface area contributed by atoms with Gasteiger partial charge in [0, 0.05) is 0 Å². The third kappa shape index (κ3) is 14.0. The van der Waals surface area contributed by atoms with Crippen LogP contribution in [0, 0.1) is 10.8 Å². The van der Waals surface area contributed by atoms with Gasteiger partial charge in [0.2, 0.25) is 0 Å². The van der Waals surface area contributed by atoms with Crippen molar-refractivity contribution < 1.29 is 0 Å². The lowest BCUT2D eigenvalue weighted by molar-refractivity contribution is 0.539. The van der Waals surface area contributed by atoms with Crippen molar-refractivity contribution in [1.29, 1.82) is 0 Å². The third-order valence-corrected chi connectivity index (χ3v) is 7.46. The lowest BCUT2D eigenvalue weighted by Gasteiger charge is -2.26. The van der Waals surface area contributed by atoms with Crippen LogP contribution in [0.3, 0.4) is 0 Å². The molecule has 3 rings (SSSR count). The molecule has 0 amide bonds. The Morgan fingerprint density at radius 3 is 0.818 bits per heavy atom. The van der Waals surface area contributed by atoms with Crippen molar-refractivity contribution in [2.45, 2.75) is 146 Å². The number of allylic oxidation sites excluding steroid dienone is 4. The first-order valence-corrected chi connectivity index (χ1v) is 16.6. The third-order valence-electron chi connectivity index (χ3n) is 7.46. The molecular formula is C44H68. The molecule has 0 aromatic heterocycles. The molecule has 0 saturated carbocycles. The molecule has 0 fully saturated rings. The Bertz CT molecular complexity index is 1240. The van der Waals surface area contributed by atoms with Gasteiger partial charge in [0.25, 0.3) is 0 Å². The molecule has 0 aliphatic heterocycles. The van der Waals surface area contributed by atoms with Gasteiger partial charge >= 0.3 is 0 Å². The van der Waals surface area contributed by atoms with Crippen LogP contribution in [-0.2, 0) is 21.7 Å². The number of hydrogen-bond acceptors (Lipinski definition) is 0. The highest BCUT2D eigenvalue weighted by Gasteiger charge is 2.22. The monoisotopic (exact) mass is 597 g/mol. The van der Waals surface area contributed by atoms with Crippen LogP contribution in [-0.4, -0.2) is 0 Å². The van der Waals surface area contributed by atoms with E-state index in [1.807, 2.05) is 0 Å². The Hall–Kier alpha value is -2.60. The molecule has 0 aliphatic rings. The van der Waals surface area contributed by atoms with Crippen molar-refractivity contribution in [2.75, 3.05) is 0 Å². The van der Waals surface area contributed by atoms with Crippen molar-refractivity contribution in [1.82, 2.24) is 0 Å². The van der Waals surface area contributed by atoms with E-state index in [9.17, 15) is 0 Å². The summed E-state index contributed by atoms with van der Waals surface area (Å²) in [5.74, 6) is 0. The summed E-state index contributed by atoms with van der Waals surface area (Å²) >= 11 is 0. The number of hydrogen-bond donors (Lipinski definition) is 0. The first-order valence-electron chi connectivity index (χ1n) is 16.6. The van der Waals surface area contributed by atoms with Crippen LogP contribution in [0.4, 0.5) is 0 Å². The molecule has 3 aromatic carbocycles. The summed E-state index contributed by atoms with van der Waals surface area (Å²) in [4.78, 5) is 0. The fourth-order valence-corrected chi connectivity index (χ4v) is 4.77. The fourth-order valence-electron chi connectivity index (χ4n) is 4.77. The predicted molar refractivity (Wildman–Crippen MR) is 202 cm³/mol. The smallest absolute Gasteiger partial charge is 0.0126 e. The molecule has 44 heavy (non-hydrogen) atoms. The molecule has 0 atom stereocenters. The van der Waals surface area contributed by atoms with Crippen LogP contribution < -0.4 is 0 Å². The van der Waals surface area contributed by atoms with Crippen LogP contribution >= 0.6 is 0 Å².